The number of anilines is 1. The van der Waals surface area contributed by atoms with E-state index in [1.54, 1.807) is 0 Å². The van der Waals surface area contributed by atoms with Gasteiger partial charge in [0.25, 0.3) is 0 Å². The summed E-state index contributed by atoms with van der Waals surface area (Å²) in [6, 6.07) is 16.9. The summed E-state index contributed by atoms with van der Waals surface area (Å²) in [5, 5.41) is 5.79. The van der Waals surface area contributed by atoms with Gasteiger partial charge in [-0.1, -0.05) is 25.1 Å². The molecule has 0 bridgehead atoms. The second-order valence-electron chi connectivity index (χ2n) is 4.86. The first-order valence-corrected chi connectivity index (χ1v) is 7.69. The zero-order chi connectivity index (χ0) is 16.3. The third-order valence-electron chi connectivity index (χ3n) is 3.04. The molecule has 5 heteroatoms. The normalized spacial score (nSPS) is 10.1. The molecule has 0 unspecified atom stereocenters. The Labute approximate surface area is 136 Å². The van der Waals surface area contributed by atoms with Crippen LogP contribution < -0.4 is 20.1 Å². The minimum atomic E-state index is -0.0585. The van der Waals surface area contributed by atoms with Gasteiger partial charge in [0, 0.05) is 5.69 Å². The van der Waals surface area contributed by atoms with E-state index in [9.17, 15) is 4.79 Å². The van der Waals surface area contributed by atoms with Crippen molar-refractivity contribution in [2.45, 2.75) is 6.92 Å². The standard InChI is InChI=1S/C18H22N2O3/c1-2-19-14-18(21)20-15-8-10-17(11-9-15)23-13-12-22-16-6-4-3-5-7-16/h3-11,19H,2,12-14H2,1H3,(H,20,21). The second kappa shape index (κ2) is 9.48. The lowest BCUT2D eigenvalue weighted by Gasteiger charge is -2.09. The molecule has 0 atom stereocenters. The van der Waals surface area contributed by atoms with Crippen LogP contribution in [0.3, 0.4) is 0 Å². The van der Waals surface area contributed by atoms with Crippen LogP contribution in [0.15, 0.2) is 54.6 Å². The largest absolute Gasteiger partial charge is 0.490 e. The van der Waals surface area contributed by atoms with Gasteiger partial charge in [-0.05, 0) is 42.9 Å². The monoisotopic (exact) mass is 314 g/mol. The number of amides is 1. The van der Waals surface area contributed by atoms with Gasteiger partial charge < -0.3 is 20.1 Å². The molecule has 23 heavy (non-hydrogen) atoms. The lowest BCUT2D eigenvalue weighted by Crippen LogP contribution is -2.27. The summed E-state index contributed by atoms with van der Waals surface area (Å²) >= 11 is 0. The van der Waals surface area contributed by atoms with E-state index in [-0.39, 0.29) is 5.91 Å². The molecule has 0 saturated heterocycles. The molecule has 2 aromatic rings. The Hall–Kier alpha value is -2.53. The van der Waals surface area contributed by atoms with Crippen molar-refractivity contribution >= 4 is 11.6 Å². The molecule has 122 valence electrons. The van der Waals surface area contributed by atoms with Gasteiger partial charge in [-0.3, -0.25) is 4.79 Å². The maximum atomic E-state index is 11.6. The number of likely N-dealkylation sites (N-methyl/N-ethyl adjacent to an activating group) is 1. The SMILES string of the molecule is CCNCC(=O)Nc1ccc(OCCOc2ccccc2)cc1. The molecule has 1 amide bonds. The van der Waals surface area contributed by atoms with E-state index < -0.39 is 0 Å². The molecule has 0 aromatic heterocycles. The second-order valence-corrected chi connectivity index (χ2v) is 4.86. The molecule has 2 rings (SSSR count). The summed E-state index contributed by atoms with van der Waals surface area (Å²) in [7, 11) is 0. The molecule has 5 nitrogen and oxygen atoms in total. The van der Waals surface area contributed by atoms with E-state index in [4.69, 9.17) is 9.47 Å². The van der Waals surface area contributed by atoms with Crippen LogP contribution in [0.1, 0.15) is 6.92 Å². The van der Waals surface area contributed by atoms with Crippen molar-refractivity contribution in [2.75, 3.05) is 31.6 Å². The number of nitrogens with one attached hydrogen (secondary N) is 2. The smallest absolute Gasteiger partial charge is 0.238 e. The number of rotatable bonds is 9. The van der Waals surface area contributed by atoms with Crippen LogP contribution in [-0.2, 0) is 4.79 Å². The quantitative estimate of drug-likeness (QED) is 0.699. The van der Waals surface area contributed by atoms with E-state index in [1.807, 2.05) is 61.5 Å². The highest BCUT2D eigenvalue weighted by atomic mass is 16.5. The fraction of sp³-hybridized carbons (Fsp3) is 0.278. The van der Waals surface area contributed by atoms with Crippen LogP contribution in [-0.4, -0.2) is 32.2 Å². The van der Waals surface area contributed by atoms with Crippen LogP contribution in [0.25, 0.3) is 0 Å². The zero-order valence-electron chi connectivity index (χ0n) is 13.2. The average molecular weight is 314 g/mol. The van der Waals surface area contributed by atoms with Crippen molar-refractivity contribution in [3.8, 4) is 11.5 Å². The molecule has 0 aliphatic carbocycles. The summed E-state index contributed by atoms with van der Waals surface area (Å²) in [6.45, 7) is 3.98. The number of hydrogen-bond acceptors (Lipinski definition) is 4. The summed E-state index contributed by atoms with van der Waals surface area (Å²) in [4.78, 5) is 11.6. The number of hydrogen-bond donors (Lipinski definition) is 2. The third-order valence-corrected chi connectivity index (χ3v) is 3.04. The fourth-order valence-corrected chi connectivity index (χ4v) is 1.91. The van der Waals surface area contributed by atoms with Crippen LogP contribution in [0, 0.1) is 0 Å². The summed E-state index contributed by atoms with van der Waals surface area (Å²) < 4.78 is 11.2. The molecular formula is C18H22N2O3. The number of carbonyl (C=O) groups excluding carboxylic acids is 1. The van der Waals surface area contributed by atoms with Gasteiger partial charge >= 0.3 is 0 Å². The van der Waals surface area contributed by atoms with Crippen molar-refractivity contribution in [3.05, 3.63) is 54.6 Å². The summed E-state index contributed by atoms with van der Waals surface area (Å²) in [5.74, 6) is 1.51. The van der Waals surface area contributed by atoms with Crippen LogP contribution in [0.5, 0.6) is 11.5 Å². The lowest BCUT2D eigenvalue weighted by molar-refractivity contribution is -0.115. The molecule has 0 saturated carbocycles. The first-order chi connectivity index (χ1) is 11.3. The Morgan fingerprint density at radius 2 is 1.52 bits per heavy atom. The molecule has 0 spiro atoms. The summed E-state index contributed by atoms with van der Waals surface area (Å²) in [6.07, 6.45) is 0. The molecule has 0 fully saturated rings. The molecule has 2 aromatic carbocycles. The molecule has 0 radical (unpaired) electrons. The van der Waals surface area contributed by atoms with Gasteiger partial charge in [-0.15, -0.1) is 0 Å². The maximum Gasteiger partial charge on any atom is 0.238 e. The number of carbonyl (C=O) groups is 1. The molecule has 0 aliphatic heterocycles. The highest BCUT2D eigenvalue weighted by molar-refractivity contribution is 5.92. The van der Waals surface area contributed by atoms with Crippen molar-refractivity contribution < 1.29 is 14.3 Å². The molecule has 0 heterocycles. The molecular weight excluding hydrogens is 292 g/mol. The van der Waals surface area contributed by atoms with Gasteiger partial charge in [0.2, 0.25) is 5.91 Å². The fourth-order valence-electron chi connectivity index (χ4n) is 1.91. The van der Waals surface area contributed by atoms with E-state index in [2.05, 4.69) is 10.6 Å². The van der Waals surface area contributed by atoms with Crippen LogP contribution in [0.4, 0.5) is 5.69 Å². The highest BCUT2D eigenvalue weighted by Crippen LogP contribution is 2.15. The van der Waals surface area contributed by atoms with Gasteiger partial charge in [0.05, 0.1) is 6.54 Å². The van der Waals surface area contributed by atoms with Crippen LogP contribution in [0.2, 0.25) is 0 Å². The minimum Gasteiger partial charge on any atom is -0.490 e. The Morgan fingerprint density at radius 1 is 0.913 bits per heavy atom. The highest BCUT2D eigenvalue weighted by Gasteiger charge is 2.01. The Balaban J connectivity index is 1.69. The predicted octanol–water partition coefficient (Wildman–Crippen LogP) is 2.69. The van der Waals surface area contributed by atoms with Gasteiger partial charge in [-0.25, -0.2) is 0 Å². The van der Waals surface area contributed by atoms with Crippen molar-refractivity contribution in [1.82, 2.24) is 5.32 Å². The Morgan fingerprint density at radius 3 is 2.13 bits per heavy atom. The van der Waals surface area contributed by atoms with E-state index in [0.717, 1.165) is 23.7 Å². The number of ether oxygens (including phenoxy) is 2. The average Bonchev–Trinajstić information content (AvgIpc) is 2.59. The Kier molecular flexibility index (Phi) is 6.94. The van der Waals surface area contributed by atoms with E-state index in [1.165, 1.54) is 0 Å². The zero-order valence-corrected chi connectivity index (χ0v) is 13.2. The molecule has 0 aliphatic rings. The first kappa shape index (κ1) is 16.8. The van der Waals surface area contributed by atoms with Crippen molar-refractivity contribution in [3.63, 3.8) is 0 Å². The van der Waals surface area contributed by atoms with Crippen LogP contribution >= 0.6 is 0 Å². The lowest BCUT2D eigenvalue weighted by atomic mass is 10.3. The van der Waals surface area contributed by atoms with Gasteiger partial charge in [0.1, 0.15) is 24.7 Å². The number of benzene rings is 2. The third kappa shape index (κ3) is 6.40. The van der Waals surface area contributed by atoms with Gasteiger partial charge in [-0.2, -0.15) is 0 Å². The van der Waals surface area contributed by atoms with E-state index >= 15 is 0 Å². The Bertz CT molecular complexity index is 585. The predicted molar refractivity (Wildman–Crippen MR) is 91.0 cm³/mol. The van der Waals surface area contributed by atoms with Crippen molar-refractivity contribution in [2.24, 2.45) is 0 Å². The first-order valence-electron chi connectivity index (χ1n) is 7.69. The van der Waals surface area contributed by atoms with E-state index in [0.29, 0.717) is 19.8 Å². The topological polar surface area (TPSA) is 59.6 Å². The maximum absolute atomic E-state index is 11.6. The molecule has 2 N–H and O–H groups in total. The van der Waals surface area contributed by atoms with Gasteiger partial charge in [0.15, 0.2) is 0 Å². The number of para-hydroxylation sites is 1. The minimum absolute atomic E-state index is 0.0585. The van der Waals surface area contributed by atoms with Crippen molar-refractivity contribution in [1.29, 1.82) is 0 Å². The summed E-state index contributed by atoms with van der Waals surface area (Å²) in [5.41, 5.74) is 0.751.